The largest absolute Gasteiger partial charge is 0.366 e. The van der Waals surface area contributed by atoms with Gasteiger partial charge in [-0.3, -0.25) is 9.69 Å². The van der Waals surface area contributed by atoms with Crippen LogP contribution in [0.3, 0.4) is 0 Å². The van der Waals surface area contributed by atoms with Crippen molar-refractivity contribution in [3.05, 3.63) is 11.6 Å². The minimum Gasteiger partial charge on any atom is -0.366 e. The van der Waals surface area contributed by atoms with Crippen molar-refractivity contribution >= 4 is 5.91 Å². The van der Waals surface area contributed by atoms with Crippen LogP contribution in [0.4, 0.5) is 0 Å². The quantitative estimate of drug-likeness (QED) is 0.681. The fourth-order valence-corrected chi connectivity index (χ4v) is 1.25. The number of carbonyl (C=O) groups is 1. The summed E-state index contributed by atoms with van der Waals surface area (Å²) in [7, 11) is 2.06. The van der Waals surface area contributed by atoms with Gasteiger partial charge >= 0.3 is 0 Å². The molecule has 1 amide bonds. The van der Waals surface area contributed by atoms with Gasteiger partial charge in [0.25, 0.3) is 0 Å². The number of nitrogens with zero attached hydrogens (tertiary/aromatic N) is 1. The Morgan fingerprint density at radius 1 is 1.50 bits per heavy atom. The summed E-state index contributed by atoms with van der Waals surface area (Å²) in [5, 5.41) is 0. The maximum absolute atomic E-state index is 10.8. The Labute approximate surface area is 87.0 Å². The molecule has 14 heavy (non-hydrogen) atoms. The van der Waals surface area contributed by atoms with Gasteiger partial charge in [0.05, 0.1) is 0 Å². The summed E-state index contributed by atoms with van der Waals surface area (Å²) in [6, 6.07) is 0.763. The monoisotopic (exact) mass is 198 g/mol. The van der Waals surface area contributed by atoms with Crippen molar-refractivity contribution in [3.63, 3.8) is 0 Å². The Bertz CT molecular complexity index is 223. The molecule has 0 aliphatic carbocycles. The van der Waals surface area contributed by atoms with Crippen LogP contribution in [0.1, 0.15) is 34.1 Å². The van der Waals surface area contributed by atoms with Crippen molar-refractivity contribution in [2.24, 2.45) is 5.73 Å². The van der Waals surface area contributed by atoms with E-state index in [0.717, 1.165) is 6.42 Å². The van der Waals surface area contributed by atoms with Crippen LogP contribution < -0.4 is 5.73 Å². The standard InChI is InChI=1S/C11H22N2O/c1-6-9(3)13(5)10(4)7-8(2)11(12)14/h7,9-10H,6H2,1-5H3,(H2,12,14)/b8-7+. The number of primary amides is 1. The molecule has 0 aliphatic heterocycles. The van der Waals surface area contributed by atoms with Crippen LogP contribution in [0.2, 0.25) is 0 Å². The molecule has 0 spiro atoms. The second-order valence-corrected chi connectivity index (χ2v) is 3.88. The van der Waals surface area contributed by atoms with Crippen molar-refractivity contribution in [3.8, 4) is 0 Å². The van der Waals surface area contributed by atoms with Crippen LogP contribution in [-0.4, -0.2) is 29.9 Å². The Kier molecular flexibility index (Phi) is 5.46. The van der Waals surface area contributed by atoms with E-state index < -0.39 is 0 Å². The van der Waals surface area contributed by atoms with Gasteiger partial charge in [-0.1, -0.05) is 13.0 Å². The third-order valence-corrected chi connectivity index (χ3v) is 2.81. The van der Waals surface area contributed by atoms with E-state index in [-0.39, 0.29) is 11.9 Å². The summed E-state index contributed by atoms with van der Waals surface area (Å²) in [5.74, 6) is -0.339. The number of nitrogens with two attached hydrogens (primary N) is 1. The summed E-state index contributed by atoms with van der Waals surface area (Å²) < 4.78 is 0. The van der Waals surface area contributed by atoms with E-state index in [4.69, 9.17) is 5.73 Å². The van der Waals surface area contributed by atoms with Crippen LogP contribution in [-0.2, 0) is 4.79 Å². The first-order valence-electron chi connectivity index (χ1n) is 5.10. The Hall–Kier alpha value is -0.830. The Morgan fingerprint density at radius 2 is 2.00 bits per heavy atom. The molecule has 0 radical (unpaired) electrons. The lowest BCUT2D eigenvalue weighted by Crippen LogP contribution is -2.35. The molecular weight excluding hydrogens is 176 g/mol. The van der Waals surface area contributed by atoms with Crippen LogP contribution >= 0.6 is 0 Å². The first-order valence-corrected chi connectivity index (χ1v) is 5.10. The highest BCUT2D eigenvalue weighted by atomic mass is 16.1. The molecule has 2 atom stereocenters. The van der Waals surface area contributed by atoms with Gasteiger partial charge in [-0.25, -0.2) is 0 Å². The molecule has 0 heterocycles. The van der Waals surface area contributed by atoms with Gasteiger partial charge in [0.15, 0.2) is 0 Å². The van der Waals surface area contributed by atoms with Gasteiger partial charge in [0.1, 0.15) is 0 Å². The molecule has 0 rings (SSSR count). The molecule has 2 unspecified atom stereocenters. The number of rotatable bonds is 5. The summed E-state index contributed by atoms with van der Waals surface area (Å²) in [6.45, 7) is 8.14. The van der Waals surface area contributed by atoms with Crippen molar-refractivity contribution in [1.82, 2.24) is 4.90 Å². The maximum Gasteiger partial charge on any atom is 0.244 e. The number of hydrogen-bond donors (Lipinski definition) is 1. The first-order chi connectivity index (χ1) is 6.40. The van der Waals surface area contributed by atoms with E-state index in [9.17, 15) is 4.79 Å². The van der Waals surface area contributed by atoms with Crippen molar-refractivity contribution in [2.45, 2.75) is 46.2 Å². The number of amides is 1. The molecule has 3 heteroatoms. The highest BCUT2D eigenvalue weighted by molar-refractivity contribution is 5.91. The predicted octanol–water partition coefficient (Wildman–Crippen LogP) is 1.54. The minimum absolute atomic E-state index is 0.248. The van der Waals surface area contributed by atoms with Crippen LogP contribution in [0.5, 0.6) is 0 Å². The fourth-order valence-electron chi connectivity index (χ4n) is 1.25. The summed E-state index contributed by atoms with van der Waals surface area (Å²) in [4.78, 5) is 13.1. The van der Waals surface area contributed by atoms with E-state index in [0.29, 0.717) is 11.6 Å². The van der Waals surface area contributed by atoms with E-state index in [1.165, 1.54) is 0 Å². The van der Waals surface area contributed by atoms with Crippen molar-refractivity contribution in [1.29, 1.82) is 0 Å². The molecule has 82 valence electrons. The lowest BCUT2D eigenvalue weighted by molar-refractivity contribution is -0.114. The van der Waals surface area contributed by atoms with Gasteiger partial charge in [-0.15, -0.1) is 0 Å². The molecule has 3 nitrogen and oxygen atoms in total. The summed E-state index contributed by atoms with van der Waals surface area (Å²) >= 11 is 0. The smallest absolute Gasteiger partial charge is 0.244 e. The van der Waals surface area contributed by atoms with Gasteiger partial charge < -0.3 is 5.73 Å². The maximum atomic E-state index is 10.8. The number of hydrogen-bond acceptors (Lipinski definition) is 2. The van der Waals surface area contributed by atoms with Crippen LogP contribution in [0.25, 0.3) is 0 Å². The zero-order valence-corrected chi connectivity index (χ0v) is 9.87. The Balaban J connectivity index is 4.40. The highest BCUT2D eigenvalue weighted by Crippen LogP contribution is 2.08. The third-order valence-electron chi connectivity index (χ3n) is 2.81. The van der Waals surface area contributed by atoms with Crippen molar-refractivity contribution in [2.75, 3.05) is 7.05 Å². The van der Waals surface area contributed by atoms with E-state index >= 15 is 0 Å². The molecule has 2 N–H and O–H groups in total. The zero-order chi connectivity index (χ0) is 11.3. The fraction of sp³-hybridized carbons (Fsp3) is 0.727. The van der Waals surface area contributed by atoms with Gasteiger partial charge in [0.2, 0.25) is 5.91 Å². The van der Waals surface area contributed by atoms with E-state index in [2.05, 4.69) is 32.7 Å². The molecule has 0 aromatic carbocycles. The summed E-state index contributed by atoms with van der Waals surface area (Å²) in [5.41, 5.74) is 5.80. The molecule has 0 aromatic heterocycles. The molecule has 0 bridgehead atoms. The average molecular weight is 198 g/mol. The topological polar surface area (TPSA) is 46.3 Å². The molecule has 0 saturated heterocycles. The molecule has 0 aliphatic rings. The third kappa shape index (κ3) is 3.92. The van der Waals surface area contributed by atoms with Gasteiger partial charge in [-0.05, 0) is 34.2 Å². The van der Waals surface area contributed by atoms with Crippen molar-refractivity contribution < 1.29 is 4.79 Å². The van der Waals surface area contributed by atoms with E-state index in [1.807, 2.05) is 6.08 Å². The zero-order valence-electron chi connectivity index (χ0n) is 9.87. The van der Waals surface area contributed by atoms with Gasteiger partial charge in [0, 0.05) is 17.7 Å². The van der Waals surface area contributed by atoms with E-state index in [1.54, 1.807) is 6.92 Å². The second kappa shape index (κ2) is 5.81. The minimum atomic E-state index is -0.339. The molecule has 0 aromatic rings. The van der Waals surface area contributed by atoms with Crippen LogP contribution in [0.15, 0.2) is 11.6 Å². The first kappa shape index (κ1) is 13.2. The SMILES string of the molecule is CCC(C)N(C)C(C)/C=C(\C)C(N)=O. The van der Waals surface area contributed by atoms with Crippen LogP contribution in [0, 0.1) is 0 Å². The number of carbonyl (C=O) groups excluding carboxylic acids is 1. The second-order valence-electron chi connectivity index (χ2n) is 3.88. The average Bonchev–Trinajstić information content (AvgIpc) is 2.14. The summed E-state index contributed by atoms with van der Waals surface area (Å²) in [6.07, 6.45) is 3.01. The number of likely N-dealkylation sites (N-methyl/N-ethyl adjacent to an activating group) is 1. The lowest BCUT2D eigenvalue weighted by Gasteiger charge is -2.28. The predicted molar refractivity (Wildman–Crippen MR) is 59.9 cm³/mol. The Morgan fingerprint density at radius 3 is 2.36 bits per heavy atom. The normalized spacial score (nSPS) is 16.9. The molecule has 0 saturated carbocycles. The highest BCUT2D eigenvalue weighted by Gasteiger charge is 2.12. The van der Waals surface area contributed by atoms with Gasteiger partial charge in [-0.2, -0.15) is 0 Å². The lowest BCUT2D eigenvalue weighted by atomic mass is 10.1. The molecule has 0 fully saturated rings. The molecular formula is C11H22N2O.